The lowest BCUT2D eigenvalue weighted by molar-refractivity contribution is -0.0970. The number of rotatable bonds is 8. The molecule has 0 amide bonds. The molecule has 2 saturated heterocycles. The molecule has 4 aliphatic rings. The monoisotopic (exact) mass is 749 g/mol. The Bertz CT molecular complexity index is 1990. The molecular formula is C41H53F2N5O6. The van der Waals surface area contributed by atoms with Crippen LogP contribution < -0.4 is 14.4 Å². The number of β-amino-alcohol motifs (C(OH)–C–C–N with tert-alkyl or cyclic N) is 1. The summed E-state index contributed by atoms with van der Waals surface area (Å²) >= 11 is 0. The highest BCUT2D eigenvalue weighted by molar-refractivity contribution is 6.02. The van der Waals surface area contributed by atoms with Crippen LogP contribution >= 0.6 is 0 Å². The van der Waals surface area contributed by atoms with Crippen LogP contribution in [0.25, 0.3) is 32.9 Å². The number of hydrogen-bond acceptors (Lipinski definition) is 11. The van der Waals surface area contributed by atoms with E-state index in [9.17, 15) is 15.3 Å². The van der Waals surface area contributed by atoms with E-state index in [1.54, 1.807) is 11.0 Å². The van der Waals surface area contributed by atoms with Crippen LogP contribution in [-0.4, -0.2) is 106 Å². The van der Waals surface area contributed by atoms with Crippen LogP contribution in [0.5, 0.6) is 17.6 Å². The lowest BCUT2D eigenvalue weighted by Crippen LogP contribution is -2.60. The smallest absolute Gasteiger partial charge is 0.319 e. The number of anilines is 1. The molecule has 2 aromatic heterocycles. The first-order valence-corrected chi connectivity index (χ1v) is 19.4. The van der Waals surface area contributed by atoms with Crippen molar-refractivity contribution in [1.29, 1.82) is 0 Å². The maximum atomic E-state index is 17.1. The number of aliphatic hydroxyl groups is 2. The maximum absolute atomic E-state index is 17.1. The summed E-state index contributed by atoms with van der Waals surface area (Å²) in [5.41, 5.74) is -1.14. The Labute approximate surface area is 315 Å². The van der Waals surface area contributed by atoms with Crippen LogP contribution in [0.3, 0.4) is 0 Å². The van der Waals surface area contributed by atoms with Gasteiger partial charge in [-0.1, -0.05) is 32.4 Å². The number of pyridine rings is 1. The van der Waals surface area contributed by atoms with E-state index < -0.39 is 23.3 Å². The molecular weight excluding hydrogens is 696 g/mol. The molecule has 292 valence electrons. The first-order valence-electron chi connectivity index (χ1n) is 19.4. The number of piperidine rings is 1. The molecule has 11 nitrogen and oxygen atoms in total. The third-order valence-corrected chi connectivity index (χ3v) is 12.0. The molecule has 3 N–H and O–H groups in total. The maximum Gasteiger partial charge on any atom is 0.319 e. The lowest BCUT2D eigenvalue weighted by Gasteiger charge is -2.55. The molecule has 2 aliphatic carbocycles. The van der Waals surface area contributed by atoms with E-state index in [1.165, 1.54) is 31.4 Å². The highest BCUT2D eigenvalue weighted by Gasteiger charge is 2.53. The van der Waals surface area contributed by atoms with Crippen LogP contribution in [0.2, 0.25) is 0 Å². The van der Waals surface area contributed by atoms with Gasteiger partial charge in [0, 0.05) is 41.5 Å². The highest BCUT2D eigenvalue weighted by atomic mass is 19.1. The summed E-state index contributed by atoms with van der Waals surface area (Å²) < 4.78 is 50.3. The second-order valence-electron chi connectivity index (χ2n) is 15.7. The van der Waals surface area contributed by atoms with Gasteiger partial charge in [0.05, 0.1) is 38.6 Å². The summed E-state index contributed by atoms with van der Waals surface area (Å²) in [6.45, 7) is 10.1. The van der Waals surface area contributed by atoms with Gasteiger partial charge in [-0.2, -0.15) is 9.97 Å². The number of methoxy groups -OCH3 is 1. The number of aliphatic hydroxyl groups excluding tert-OH is 1. The minimum atomic E-state index is -0.849. The van der Waals surface area contributed by atoms with Gasteiger partial charge in [-0.05, 0) is 88.4 Å². The minimum Gasteiger partial charge on any atom is -0.508 e. The Balaban J connectivity index is 0.00000221. The van der Waals surface area contributed by atoms with Crippen LogP contribution in [0.1, 0.15) is 72.6 Å². The third-order valence-electron chi connectivity index (χ3n) is 12.0. The van der Waals surface area contributed by atoms with Crippen molar-refractivity contribution >= 4 is 27.5 Å². The Morgan fingerprint density at radius 2 is 1.81 bits per heavy atom. The highest BCUT2D eigenvalue weighted by Crippen LogP contribution is 2.52. The number of phenols is 1. The number of benzene rings is 2. The van der Waals surface area contributed by atoms with Crippen molar-refractivity contribution in [2.45, 2.75) is 96.4 Å². The van der Waals surface area contributed by atoms with Crippen LogP contribution in [-0.2, 0) is 4.74 Å². The summed E-state index contributed by atoms with van der Waals surface area (Å²) in [6, 6.07) is 7.87. The standard InChI is InChI=1S/C39H47F2N5O6.C2H6/c1-38(2,49)23-16-24(17-23)46-12-6-11-39(10-5-9-29(39)46)21-52-37-43-34-31(35(44-37)45-13-14-51-20-26(48)19-45)36(50-3)42-33(32(34)41)27-18-25(47)15-22-7-4-8-28(40)30(22)27;1-2/h4,7-8,15,18,23-24,26,29,47-49H,5-6,9-14,16-17,19-21H2,1-3H3;1-2H3. The zero-order valence-electron chi connectivity index (χ0n) is 31.9. The van der Waals surface area contributed by atoms with Gasteiger partial charge < -0.3 is 34.4 Å². The number of ether oxygens (including phenoxy) is 3. The molecule has 0 radical (unpaired) electrons. The first-order chi connectivity index (χ1) is 26.0. The average Bonchev–Trinajstić information content (AvgIpc) is 3.44. The van der Waals surface area contributed by atoms with E-state index in [1.807, 2.05) is 27.7 Å². The summed E-state index contributed by atoms with van der Waals surface area (Å²) in [5.74, 6) is -1.05. The van der Waals surface area contributed by atoms with Gasteiger partial charge in [0.15, 0.2) is 5.82 Å². The van der Waals surface area contributed by atoms with E-state index in [0.29, 0.717) is 43.1 Å². The van der Waals surface area contributed by atoms with Crippen molar-refractivity contribution in [3.63, 3.8) is 0 Å². The molecule has 4 heterocycles. The van der Waals surface area contributed by atoms with E-state index in [4.69, 9.17) is 19.2 Å². The molecule has 2 aromatic carbocycles. The molecule has 2 saturated carbocycles. The minimum absolute atomic E-state index is 0.00247. The van der Waals surface area contributed by atoms with E-state index in [0.717, 1.165) is 51.5 Å². The van der Waals surface area contributed by atoms with E-state index >= 15 is 8.78 Å². The molecule has 54 heavy (non-hydrogen) atoms. The summed E-state index contributed by atoms with van der Waals surface area (Å²) in [6.07, 6.45) is 6.32. The van der Waals surface area contributed by atoms with Gasteiger partial charge >= 0.3 is 6.01 Å². The largest absolute Gasteiger partial charge is 0.508 e. The molecule has 4 aromatic rings. The van der Waals surface area contributed by atoms with Gasteiger partial charge in [0.1, 0.15) is 34.0 Å². The van der Waals surface area contributed by atoms with Crippen LogP contribution in [0.15, 0.2) is 30.3 Å². The van der Waals surface area contributed by atoms with Gasteiger partial charge in [-0.3, -0.25) is 4.90 Å². The second-order valence-corrected chi connectivity index (χ2v) is 15.7. The number of aromatic nitrogens is 3. The Morgan fingerprint density at radius 3 is 2.57 bits per heavy atom. The van der Waals surface area contributed by atoms with Gasteiger partial charge in [0.25, 0.3) is 0 Å². The summed E-state index contributed by atoms with van der Waals surface area (Å²) in [5, 5.41) is 32.5. The van der Waals surface area contributed by atoms with Crippen LogP contribution in [0, 0.1) is 23.0 Å². The number of halogens is 2. The molecule has 0 spiro atoms. The predicted molar refractivity (Wildman–Crippen MR) is 203 cm³/mol. The SMILES string of the molecule is CC.COc1nc(-c2cc(O)cc3cccc(F)c23)c(F)c2nc(OCC34CCCC3N(C3CC(C(C)(C)O)C3)CCC4)nc(N3CCOCC(O)C3)c12. The summed E-state index contributed by atoms with van der Waals surface area (Å²) in [4.78, 5) is 18.5. The molecule has 8 rings (SSSR count). The molecule has 2 aliphatic heterocycles. The van der Waals surface area contributed by atoms with Crippen molar-refractivity contribution in [2.24, 2.45) is 11.3 Å². The zero-order valence-corrected chi connectivity index (χ0v) is 31.9. The average molecular weight is 750 g/mol. The van der Waals surface area contributed by atoms with Crippen LogP contribution in [0.4, 0.5) is 14.6 Å². The van der Waals surface area contributed by atoms with Crippen molar-refractivity contribution in [2.75, 3.05) is 51.5 Å². The molecule has 4 fully saturated rings. The quantitative estimate of drug-likeness (QED) is 0.180. The molecule has 3 atom stereocenters. The van der Waals surface area contributed by atoms with E-state index in [-0.39, 0.29) is 69.6 Å². The van der Waals surface area contributed by atoms with E-state index in [2.05, 4.69) is 14.9 Å². The van der Waals surface area contributed by atoms with Gasteiger partial charge in [-0.15, -0.1) is 0 Å². The number of aromatic hydroxyl groups is 1. The fourth-order valence-corrected chi connectivity index (χ4v) is 9.28. The molecule has 0 bridgehead atoms. The number of hydrogen-bond donors (Lipinski definition) is 3. The van der Waals surface area contributed by atoms with Gasteiger partial charge in [0.2, 0.25) is 5.88 Å². The zero-order chi connectivity index (χ0) is 38.4. The normalized spacial score (nSPS) is 26.1. The number of nitrogens with zero attached hydrogens (tertiary/aromatic N) is 5. The van der Waals surface area contributed by atoms with Gasteiger partial charge in [-0.25, -0.2) is 13.8 Å². The number of phenolic OH excluding ortho intramolecular Hbond substituents is 1. The topological polar surface area (TPSA) is 134 Å². The Hall–Kier alpha value is -3.91. The molecule has 3 unspecified atom stereocenters. The number of fused-ring (bicyclic) bond motifs is 3. The van der Waals surface area contributed by atoms with Crippen molar-refractivity contribution < 1.29 is 38.3 Å². The Kier molecular flexibility index (Phi) is 10.9. The fraction of sp³-hybridized carbons (Fsp3) is 0.585. The second kappa shape index (κ2) is 15.3. The van der Waals surface area contributed by atoms with Crippen molar-refractivity contribution in [3.05, 3.63) is 42.0 Å². The summed E-state index contributed by atoms with van der Waals surface area (Å²) in [7, 11) is 1.40. The van der Waals surface area contributed by atoms with Crippen molar-refractivity contribution in [3.8, 4) is 28.9 Å². The predicted octanol–water partition coefficient (Wildman–Crippen LogP) is 6.62. The third kappa shape index (κ3) is 7.04. The number of likely N-dealkylation sites (tertiary alicyclic amines) is 1. The van der Waals surface area contributed by atoms with Crippen molar-refractivity contribution in [1.82, 2.24) is 19.9 Å². The first kappa shape index (κ1) is 38.4. The fourth-order valence-electron chi connectivity index (χ4n) is 9.28. The molecule has 13 heteroatoms. The lowest BCUT2D eigenvalue weighted by atomic mass is 9.68. The Morgan fingerprint density at radius 1 is 1.04 bits per heavy atom.